The summed E-state index contributed by atoms with van der Waals surface area (Å²) in [5, 5.41) is 9.02. The zero-order valence-corrected chi connectivity index (χ0v) is 8.94. The Morgan fingerprint density at radius 2 is 2.25 bits per heavy atom. The number of hydrogen-bond acceptors (Lipinski definition) is 2. The molecule has 3 heteroatoms. The molecule has 2 rings (SSSR count). The molecule has 0 unspecified atom stereocenters. The van der Waals surface area contributed by atoms with Crippen LogP contribution < -0.4 is 0 Å². The maximum Gasteiger partial charge on any atom is 0.149 e. The van der Waals surface area contributed by atoms with Crippen molar-refractivity contribution in [1.29, 1.82) is 5.26 Å². The second-order valence-electron chi connectivity index (χ2n) is 3.32. The highest BCUT2D eigenvalue weighted by atomic mass is 14.9. The molecule has 0 fully saturated rings. The number of aromatic nitrogens is 2. The number of fused-ring (bicyclic) bond motifs is 1. The number of hydrogen-bond donors (Lipinski definition) is 1. The Kier molecular flexibility index (Phi) is 2.84. The van der Waals surface area contributed by atoms with Gasteiger partial charge in [-0.05, 0) is 25.1 Å². The number of benzene rings is 1. The predicted octanol–water partition coefficient (Wildman–Crippen LogP) is 3.05. The van der Waals surface area contributed by atoms with Crippen molar-refractivity contribution in [2.24, 2.45) is 0 Å². The molecule has 0 aliphatic rings. The third-order valence-corrected chi connectivity index (χ3v) is 2.22. The first-order valence-electron chi connectivity index (χ1n) is 5.03. The van der Waals surface area contributed by atoms with E-state index >= 15 is 0 Å². The number of nitrogens with one attached hydrogen (secondary N) is 1. The zero-order chi connectivity index (χ0) is 11.4. The van der Waals surface area contributed by atoms with Crippen molar-refractivity contribution in [3.8, 4) is 6.07 Å². The van der Waals surface area contributed by atoms with Gasteiger partial charge < -0.3 is 4.98 Å². The fourth-order valence-corrected chi connectivity index (χ4v) is 1.44. The molecule has 1 heterocycles. The molecule has 78 valence electrons. The zero-order valence-electron chi connectivity index (χ0n) is 8.94. The molecule has 16 heavy (non-hydrogen) atoms. The highest BCUT2D eigenvalue weighted by Crippen LogP contribution is 2.16. The number of aromatic amines is 1. The van der Waals surface area contributed by atoms with Crippen LogP contribution in [0.25, 0.3) is 16.6 Å². The van der Waals surface area contributed by atoms with Crippen LogP contribution in [0.5, 0.6) is 0 Å². The van der Waals surface area contributed by atoms with E-state index in [2.05, 4.69) is 16.0 Å². The van der Waals surface area contributed by atoms with E-state index in [0.717, 1.165) is 11.0 Å². The molecule has 1 N–H and O–H groups in total. The summed E-state index contributed by atoms with van der Waals surface area (Å²) >= 11 is 0. The van der Waals surface area contributed by atoms with E-state index in [4.69, 9.17) is 5.26 Å². The topological polar surface area (TPSA) is 52.5 Å². The highest BCUT2D eigenvalue weighted by Gasteiger charge is 2.05. The standard InChI is InChI=1S/C13H11N3/c1-2-3-6-10(9-14)13-15-11-7-4-5-8-12(11)16-13/h2-8H,1H3,(H,15,16)/b3-2+,10-6+. The summed E-state index contributed by atoms with van der Waals surface area (Å²) in [7, 11) is 0. The minimum Gasteiger partial charge on any atom is -0.337 e. The molecule has 0 aliphatic heterocycles. The van der Waals surface area contributed by atoms with Gasteiger partial charge in [-0.3, -0.25) is 0 Å². The molecule has 0 aliphatic carbocycles. The van der Waals surface area contributed by atoms with Crippen molar-refractivity contribution in [3.63, 3.8) is 0 Å². The first-order chi connectivity index (χ1) is 7.85. The lowest BCUT2D eigenvalue weighted by Gasteiger charge is -1.88. The summed E-state index contributed by atoms with van der Waals surface area (Å²) in [6.07, 6.45) is 5.45. The van der Waals surface area contributed by atoms with Crippen LogP contribution in [-0.2, 0) is 0 Å². The lowest BCUT2D eigenvalue weighted by Crippen LogP contribution is -1.83. The van der Waals surface area contributed by atoms with Crippen molar-refractivity contribution in [3.05, 3.63) is 48.3 Å². The minimum absolute atomic E-state index is 0.536. The molecule has 1 aromatic carbocycles. The number of para-hydroxylation sites is 2. The first kappa shape index (κ1) is 10.2. The average Bonchev–Trinajstić information content (AvgIpc) is 2.73. The molecule has 0 saturated heterocycles. The Balaban J connectivity index is 2.51. The van der Waals surface area contributed by atoms with Crippen LogP contribution in [0.15, 0.2) is 42.5 Å². The van der Waals surface area contributed by atoms with Gasteiger partial charge in [-0.15, -0.1) is 0 Å². The Hall–Kier alpha value is -2.34. The van der Waals surface area contributed by atoms with Gasteiger partial charge in [0.2, 0.25) is 0 Å². The number of H-pyrrole nitrogens is 1. The Morgan fingerprint density at radius 3 is 2.94 bits per heavy atom. The van der Waals surface area contributed by atoms with Gasteiger partial charge in [0, 0.05) is 0 Å². The highest BCUT2D eigenvalue weighted by molar-refractivity contribution is 5.82. The summed E-state index contributed by atoms with van der Waals surface area (Å²) in [4.78, 5) is 7.48. The van der Waals surface area contributed by atoms with Crippen molar-refractivity contribution >= 4 is 16.6 Å². The third-order valence-electron chi connectivity index (χ3n) is 2.22. The van der Waals surface area contributed by atoms with Gasteiger partial charge in [-0.2, -0.15) is 5.26 Å². The normalized spacial score (nSPS) is 12.1. The minimum atomic E-state index is 0.536. The number of rotatable bonds is 2. The molecular weight excluding hydrogens is 198 g/mol. The monoisotopic (exact) mass is 209 g/mol. The molecule has 0 atom stereocenters. The van der Waals surface area contributed by atoms with Crippen LogP contribution in [0, 0.1) is 11.3 Å². The van der Waals surface area contributed by atoms with Crippen LogP contribution in [-0.4, -0.2) is 9.97 Å². The fourth-order valence-electron chi connectivity index (χ4n) is 1.44. The van der Waals surface area contributed by atoms with Gasteiger partial charge in [0.1, 0.15) is 11.9 Å². The van der Waals surface area contributed by atoms with E-state index in [1.165, 1.54) is 0 Å². The second kappa shape index (κ2) is 4.45. The van der Waals surface area contributed by atoms with Gasteiger partial charge in [-0.25, -0.2) is 4.98 Å². The van der Waals surface area contributed by atoms with E-state index in [0.29, 0.717) is 11.4 Å². The number of nitrogens with zero attached hydrogens (tertiary/aromatic N) is 2. The van der Waals surface area contributed by atoms with E-state index < -0.39 is 0 Å². The molecule has 0 bridgehead atoms. The molecule has 1 aromatic heterocycles. The van der Waals surface area contributed by atoms with Crippen LogP contribution >= 0.6 is 0 Å². The summed E-state index contributed by atoms with van der Waals surface area (Å²) in [6.45, 7) is 1.91. The SMILES string of the molecule is C/C=C/C=C(\C#N)c1nc2ccccc2[nH]1. The Labute approximate surface area is 93.7 Å². The van der Waals surface area contributed by atoms with E-state index in [1.807, 2.05) is 43.3 Å². The molecule has 0 saturated carbocycles. The number of allylic oxidation sites excluding steroid dienone is 4. The lowest BCUT2D eigenvalue weighted by atomic mass is 10.2. The maximum absolute atomic E-state index is 9.02. The molecule has 0 spiro atoms. The van der Waals surface area contributed by atoms with Crippen LogP contribution in [0.1, 0.15) is 12.7 Å². The predicted molar refractivity (Wildman–Crippen MR) is 64.5 cm³/mol. The molecule has 2 aromatic rings. The number of imidazole rings is 1. The average molecular weight is 209 g/mol. The first-order valence-corrected chi connectivity index (χ1v) is 5.03. The van der Waals surface area contributed by atoms with Crippen molar-refractivity contribution in [2.75, 3.05) is 0 Å². The van der Waals surface area contributed by atoms with Gasteiger partial charge in [0.05, 0.1) is 16.6 Å². The summed E-state index contributed by atoms with van der Waals surface area (Å²) in [6, 6.07) is 9.85. The van der Waals surface area contributed by atoms with E-state index in [1.54, 1.807) is 6.08 Å². The van der Waals surface area contributed by atoms with Gasteiger partial charge in [0.15, 0.2) is 0 Å². The van der Waals surface area contributed by atoms with Crippen LogP contribution in [0.4, 0.5) is 0 Å². The largest absolute Gasteiger partial charge is 0.337 e. The lowest BCUT2D eigenvalue weighted by molar-refractivity contribution is 1.27. The van der Waals surface area contributed by atoms with E-state index in [9.17, 15) is 0 Å². The Morgan fingerprint density at radius 1 is 1.44 bits per heavy atom. The van der Waals surface area contributed by atoms with Crippen LogP contribution in [0.2, 0.25) is 0 Å². The van der Waals surface area contributed by atoms with Crippen molar-refractivity contribution < 1.29 is 0 Å². The molecule has 3 nitrogen and oxygen atoms in total. The third kappa shape index (κ3) is 1.86. The fraction of sp³-hybridized carbons (Fsp3) is 0.0769. The number of nitriles is 1. The second-order valence-corrected chi connectivity index (χ2v) is 3.32. The smallest absolute Gasteiger partial charge is 0.149 e. The molecule has 0 amide bonds. The maximum atomic E-state index is 9.02. The summed E-state index contributed by atoms with van der Waals surface area (Å²) in [5.41, 5.74) is 2.35. The van der Waals surface area contributed by atoms with Crippen LogP contribution in [0.3, 0.4) is 0 Å². The summed E-state index contributed by atoms with van der Waals surface area (Å²) in [5.74, 6) is 0.613. The quantitative estimate of drug-likeness (QED) is 0.610. The summed E-state index contributed by atoms with van der Waals surface area (Å²) < 4.78 is 0. The van der Waals surface area contributed by atoms with Gasteiger partial charge in [-0.1, -0.05) is 24.3 Å². The molecule has 0 radical (unpaired) electrons. The van der Waals surface area contributed by atoms with Crippen molar-refractivity contribution in [1.82, 2.24) is 9.97 Å². The van der Waals surface area contributed by atoms with Gasteiger partial charge >= 0.3 is 0 Å². The van der Waals surface area contributed by atoms with E-state index in [-0.39, 0.29) is 0 Å². The Bertz CT molecular complexity index is 564. The van der Waals surface area contributed by atoms with Crippen molar-refractivity contribution in [2.45, 2.75) is 6.92 Å². The molecular formula is C13H11N3. The van der Waals surface area contributed by atoms with Gasteiger partial charge in [0.25, 0.3) is 0 Å².